The van der Waals surface area contributed by atoms with Crippen molar-refractivity contribution >= 4 is 40.0 Å². The standard InChI is InChI=1S/C21H21ClN2O4S/c1-15-11-18(7-8-19(15)22)24(10-4-9-23)20(25)13-28-21(26)17-6-3-5-16(12-17)14-29(2)27/h3,5-8,11-12H,4,10,13-14H2,1-2H3. The molecule has 0 saturated heterocycles. The number of halogens is 1. The molecule has 0 aliphatic carbocycles. The first-order valence-corrected chi connectivity index (χ1v) is 10.9. The first-order valence-electron chi connectivity index (χ1n) is 8.81. The number of nitrogens with zero attached hydrogens (tertiary/aromatic N) is 2. The van der Waals surface area contributed by atoms with E-state index >= 15 is 0 Å². The predicted molar refractivity (Wildman–Crippen MR) is 113 cm³/mol. The minimum Gasteiger partial charge on any atom is -0.452 e. The molecule has 1 unspecified atom stereocenters. The topological polar surface area (TPSA) is 87.5 Å². The molecule has 0 radical (unpaired) electrons. The number of aryl methyl sites for hydroxylation is 1. The number of benzene rings is 2. The predicted octanol–water partition coefficient (Wildman–Crippen LogP) is 3.63. The van der Waals surface area contributed by atoms with Crippen LogP contribution < -0.4 is 4.90 Å². The van der Waals surface area contributed by atoms with Crippen molar-refractivity contribution in [3.05, 3.63) is 64.2 Å². The number of carbonyl (C=O) groups is 2. The zero-order valence-electron chi connectivity index (χ0n) is 16.2. The van der Waals surface area contributed by atoms with E-state index in [0.29, 0.717) is 16.5 Å². The Labute approximate surface area is 177 Å². The minimum absolute atomic E-state index is 0.136. The van der Waals surface area contributed by atoms with Crippen LogP contribution in [0.1, 0.15) is 27.9 Å². The molecule has 0 bridgehead atoms. The summed E-state index contributed by atoms with van der Waals surface area (Å²) in [6.45, 7) is 1.52. The molecule has 29 heavy (non-hydrogen) atoms. The molecule has 1 atom stereocenters. The lowest BCUT2D eigenvalue weighted by atomic mass is 10.1. The van der Waals surface area contributed by atoms with Crippen LogP contribution in [0.5, 0.6) is 0 Å². The first kappa shape index (κ1) is 22.6. The normalized spacial score (nSPS) is 11.4. The van der Waals surface area contributed by atoms with Gasteiger partial charge in [-0.3, -0.25) is 9.00 Å². The minimum atomic E-state index is -1.03. The number of carbonyl (C=O) groups excluding carboxylic acids is 2. The van der Waals surface area contributed by atoms with Gasteiger partial charge >= 0.3 is 5.97 Å². The number of amides is 1. The summed E-state index contributed by atoms with van der Waals surface area (Å²) in [7, 11) is -1.03. The van der Waals surface area contributed by atoms with Crippen molar-refractivity contribution in [1.82, 2.24) is 0 Å². The highest BCUT2D eigenvalue weighted by Crippen LogP contribution is 2.23. The van der Waals surface area contributed by atoms with Crippen LogP contribution in [-0.4, -0.2) is 35.5 Å². The summed E-state index contributed by atoms with van der Waals surface area (Å²) in [5.41, 5.74) is 2.40. The third-order valence-corrected chi connectivity index (χ3v) is 5.22. The molecule has 152 valence electrons. The van der Waals surface area contributed by atoms with Crippen molar-refractivity contribution in [3.63, 3.8) is 0 Å². The fraction of sp³-hybridized carbons (Fsp3) is 0.286. The van der Waals surface area contributed by atoms with Crippen molar-refractivity contribution in [2.24, 2.45) is 0 Å². The summed E-state index contributed by atoms with van der Waals surface area (Å²) in [5, 5.41) is 9.45. The van der Waals surface area contributed by atoms with Crippen molar-refractivity contribution < 1.29 is 18.5 Å². The molecule has 2 aromatic carbocycles. The van der Waals surface area contributed by atoms with Gasteiger partial charge in [0.25, 0.3) is 5.91 Å². The molecule has 2 rings (SSSR count). The molecule has 0 spiro atoms. The van der Waals surface area contributed by atoms with Crippen LogP contribution in [0.2, 0.25) is 5.02 Å². The second-order valence-corrected chi connectivity index (χ2v) is 8.22. The zero-order chi connectivity index (χ0) is 21.4. The van der Waals surface area contributed by atoms with Gasteiger partial charge in [0.2, 0.25) is 0 Å². The van der Waals surface area contributed by atoms with E-state index in [1.807, 2.05) is 13.0 Å². The van der Waals surface area contributed by atoms with E-state index in [0.717, 1.165) is 11.1 Å². The largest absolute Gasteiger partial charge is 0.452 e. The molecular formula is C21H21ClN2O4S. The van der Waals surface area contributed by atoms with E-state index in [4.69, 9.17) is 21.6 Å². The molecule has 8 heteroatoms. The van der Waals surface area contributed by atoms with Gasteiger partial charge in [-0.05, 0) is 48.4 Å². The summed E-state index contributed by atoms with van der Waals surface area (Å²) in [6, 6.07) is 13.7. The van der Waals surface area contributed by atoms with Gasteiger partial charge in [-0.15, -0.1) is 0 Å². The lowest BCUT2D eigenvalue weighted by Gasteiger charge is -2.22. The highest BCUT2D eigenvalue weighted by molar-refractivity contribution is 7.83. The van der Waals surface area contributed by atoms with Crippen LogP contribution in [-0.2, 0) is 26.1 Å². The average Bonchev–Trinajstić information content (AvgIpc) is 2.68. The van der Waals surface area contributed by atoms with E-state index in [1.54, 1.807) is 48.7 Å². The molecule has 0 heterocycles. The maximum absolute atomic E-state index is 12.7. The molecule has 0 aliphatic rings. The van der Waals surface area contributed by atoms with Gasteiger partial charge in [-0.1, -0.05) is 23.7 Å². The smallest absolute Gasteiger partial charge is 0.338 e. The molecule has 6 nitrogen and oxygen atoms in total. The van der Waals surface area contributed by atoms with Gasteiger partial charge in [0.05, 0.1) is 18.1 Å². The second-order valence-electron chi connectivity index (χ2n) is 6.38. The van der Waals surface area contributed by atoms with Crippen molar-refractivity contribution in [2.45, 2.75) is 19.1 Å². The summed E-state index contributed by atoms with van der Waals surface area (Å²) in [4.78, 5) is 26.4. The summed E-state index contributed by atoms with van der Waals surface area (Å²) < 4.78 is 16.5. The van der Waals surface area contributed by atoms with Crippen molar-refractivity contribution in [1.29, 1.82) is 5.26 Å². The van der Waals surface area contributed by atoms with E-state index < -0.39 is 29.3 Å². The lowest BCUT2D eigenvalue weighted by Crippen LogP contribution is -2.35. The molecule has 2 aromatic rings. The van der Waals surface area contributed by atoms with Crippen molar-refractivity contribution in [3.8, 4) is 6.07 Å². The molecule has 0 aliphatic heterocycles. The van der Waals surface area contributed by atoms with Gasteiger partial charge in [0, 0.05) is 40.1 Å². The Morgan fingerprint density at radius 1 is 1.24 bits per heavy atom. The maximum atomic E-state index is 12.7. The first-order chi connectivity index (χ1) is 13.8. The van der Waals surface area contributed by atoms with Gasteiger partial charge in [-0.2, -0.15) is 5.26 Å². The Morgan fingerprint density at radius 2 is 2.00 bits per heavy atom. The number of hydrogen-bond donors (Lipinski definition) is 0. The molecule has 0 fully saturated rings. The van der Waals surface area contributed by atoms with Crippen LogP contribution >= 0.6 is 11.6 Å². The van der Waals surface area contributed by atoms with Crippen LogP contribution in [0.4, 0.5) is 5.69 Å². The van der Waals surface area contributed by atoms with E-state index in [9.17, 15) is 13.8 Å². The highest BCUT2D eigenvalue weighted by Gasteiger charge is 2.19. The van der Waals surface area contributed by atoms with Crippen LogP contribution in [0.25, 0.3) is 0 Å². The lowest BCUT2D eigenvalue weighted by molar-refractivity contribution is -0.121. The summed E-state index contributed by atoms with van der Waals surface area (Å²) in [5.74, 6) is -0.756. The zero-order valence-corrected chi connectivity index (χ0v) is 17.8. The van der Waals surface area contributed by atoms with Crippen molar-refractivity contribution in [2.75, 3.05) is 24.3 Å². The fourth-order valence-electron chi connectivity index (χ4n) is 2.67. The number of nitriles is 1. The van der Waals surface area contributed by atoms with E-state index in [1.165, 1.54) is 4.90 Å². The van der Waals surface area contributed by atoms with Gasteiger partial charge in [0.1, 0.15) is 0 Å². The average molecular weight is 433 g/mol. The molecule has 0 saturated carbocycles. The van der Waals surface area contributed by atoms with Gasteiger partial charge < -0.3 is 9.64 Å². The Hall–Kier alpha value is -2.69. The number of rotatable bonds is 8. The van der Waals surface area contributed by atoms with E-state index in [-0.39, 0.29) is 18.5 Å². The number of ether oxygens (including phenoxy) is 1. The second kappa shape index (κ2) is 10.7. The van der Waals surface area contributed by atoms with Crippen LogP contribution in [0, 0.1) is 18.3 Å². The van der Waals surface area contributed by atoms with Gasteiger partial charge in [-0.25, -0.2) is 4.79 Å². The Kier molecular flexibility index (Phi) is 8.37. The number of esters is 1. The monoisotopic (exact) mass is 432 g/mol. The maximum Gasteiger partial charge on any atom is 0.338 e. The Balaban J connectivity index is 2.09. The molecule has 1 amide bonds. The molecule has 0 aromatic heterocycles. The van der Waals surface area contributed by atoms with Gasteiger partial charge in [0.15, 0.2) is 6.61 Å². The van der Waals surface area contributed by atoms with E-state index in [2.05, 4.69) is 0 Å². The Bertz CT molecular complexity index is 971. The third-order valence-electron chi connectivity index (χ3n) is 4.06. The number of hydrogen-bond acceptors (Lipinski definition) is 5. The highest BCUT2D eigenvalue weighted by atomic mass is 35.5. The Morgan fingerprint density at radius 3 is 2.66 bits per heavy atom. The molecular weight excluding hydrogens is 412 g/mol. The SMILES string of the molecule is Cc1cc(N(CCC#N)C(=O)COC(=O)c2cccc(CS(C)=O)c2)ccc1Cl. The third kappa shape index (κ3) is 6.70. The van der Waals surface area contributed by atoms with Crippen LogP contribution in [0.3, 0.4) is 0 Å². The molecule has 0 N–H and O–H groups in total. The van der Waals surface area contributed by atoms with Crippen LogP contribution in [0.15, 0.2) is 42.5 Å². The summed E-state index contributed by atoms with van der Waals surface area (Å²) >= 11 is 6.04. The quantitative estimate of drug-likeness (QED) is 0.594. The summed E-state index contributed by atoms with van der Waals surface area (Å²) in [6.07, 6.45) is 1.72. The number of anilines is 1. The fourth-order valence-corrected chi connectivity index (χ4v) is 3.43.